The van der Waals surface area contributed by atoms with Gasteiger partial charge >= 0.3 is 0 Å². The topological polar surface area (TPSA) is 15.3 Å². The van der Waals surface area contributed by atoms with E-state index in [-0.39, 0.29) is 0 Å². The zero-order valence-corrected chi connectivity index (χ0v) is 12.3. The molecule has 1 heterocycles. The molecule has 0 aromatic carbocycles. The van der Waals surface area contributed by atoms with Crippen LogP contribution in [-0.2, 0) is 0 Å². The highest BCUT2D eigenvalue weighted by molar-refractivity contribution is 4.94. The molecule has 2 rings (SSSR count). The van der Waals surface area contributed by atoms with Gasteiger partial charge in [-0.2, -0.15) is 0 Å². The van der Waals surface area contributed by atoms with Gasteiger partial charge < -0.3 is 5.32 Å². The van der Waals surface area contributed by atoms with Crippen LogP contribution in [0.4, 0.5) is 0 Å². The van der Waals surface area contributed by atoms with E-state index >= 15 is 0 Å². The summed E-state index contributed by atoms with van der Waals surface area (Å²) in [5, 5.41) is 3.77. The Balaban J connectivity index is 1.98. The van der Waals surface area contributed by atoms with Crippen molar-refractivity contribution in [2.45, 2.75) is 59.5 Å². The maximum Gasteiger partial charge on any atom is 0.0244 e. The Bertz CT molecular complexity index is 250. The second-order valence-electron chi connectivity index (χ2n) is 7.54. The molecule has 2 nitrogen and oxygen atoms in total. The van der Waals surface area contributed by atoms with Crippen LogP contribution >= 0.6 is 0 Å². The monoisotopic (exact) mass is 238 g/mol. The molecule has 17 heavy (non-hydrogen) atoms. The van der Waals surface area contributed by atoms with Gasteiger partial charge in [-0.1, -0.05) is 34.6 Å². The van der Waals surface area contributed by atoms with E-state index in [1.54, 1.807) is 0 Å². The fourth-order valence-corrected chi connectivity index (χ4v) is 2.91. The molecule has 0 spiro atoms. The number of hydrogen-bond donors (Lipinski definition) is 1. The van der Waals surface area contributed by atoms with Gasteiger partial charge in [0.25, 0.3) is 0 Å². The van der Waals surface area contributed by atoms with E-state index < -0.39 is 0 Å². The van der Waals surface area contributed by atoms with Gasteiger partial charge in [-0.15, -0.1) is 0 Å². The van der Waals surface area contributed by atoms with E-state index in [1.807, 2.05) is 0 Å². The van der Waals surface area contributed by atoms with Crippen molar-refractivity contribution in [2.75, 3.05) is 19.6 Å². The maximum atomic E-state index is 3.77. The lowest BCUT2D eigenvalue weighted by atomic mass is 9.83. The Morgan fingerprint density at radius 2 is 1.88 bits per heavy atom. The summed E-state index contributed by atoms with van der Waals surface area (Å²) in [4.78, 5) is 2.77. The Hall–Kier alpha value is -0.0800. The average Bonchev–Trinajstić information content (AvgIpc) is 2.99. The first-order valence-corrected chi connectivity index (χ1v) is 7.35. The molecule has 2 heteroatoms. The van der Waals surface area contributed by atoms with Crippen molar-refractivity contribution in [3.63, 3.8) is 0 Å². The van der Waals surface area contributed by atoms with Crippen molar-refractivity contribution in [2.24, 2.45) is 17.3 Å². The highest BCUT2D eigenvalue weighted by atomic mass is 15.2. The lowest BCUT2D eigenvalue weighted by molar-refractivity contribution is 0.0596. The Morgan fingerprint density at radius 1 is 1.24 bits per heavy atom. The average molecular weight is 238 g/mol. The van der Waals surface area contributed by atoms with E-state index in [0.29, 0.717) is 11.5 Å². The first-order valence-electron chi connectivity index (χ1n) is 7.35. The Labute approximate surface area is 107 Å². The van der Waals surface area contributed by atoms with Gasteiger partial charge in [-0.05, 0) is 30.1 Å². The van der Waals surface area contributed by atoms with Crippen LogP contribution in [0.15, 0.2) is 0 Å². The summed E-state index contributed by atoms with van der Waals surface area (Å²) < 4.78 is 0. The Kier molecular flexibility index (Phi) is 3.84. The SMILES string of the molecule is CC(C)C1CNC(C(C)(C)C)CN1CC1CC1. The number of nitrogens with zero attached hydrogens (tertiary/aromatic N) is 1. The molecular weight excluding hydrogens is 208 g/mol. The van der Waals surface area contributed by atoms with E-state index in [4.69, 9.17) is 0 Å². The molecular formula is C15H30N2. The third-order valence-electron chi connectivity index (χ3n) is 4.46. The number of piperazine rings is 1. The molecule has 2 atom stereocenters. The highest BCUT2D eigenvalue weighted by Gasteiger charge is 2.37. The van der Waals surface area contributed by atoms with E-state index in [9.17, 15) is 0 Å². The third kappa shape index (κ3) is 3.45. The molecule has 1 N–H and O–H groups in total. The predicted octanol–water partition coefficient (Wildman–Crippen LogP) is 2.74. The molecule has 2 unspecified atom stereocenters. The first-order chi connectivity index (χ1) is 7.88. The van der Waals surface area contributed by atoms with E-state index in [1.165, 1.54) is 32.5 Å². The van der Waals surface area contributed by atoms with Crippen LogP contribution in [0, 0.1) is 17.3 Å². The molecule has 0 aromatic rings. The minimum absolute atomic E-state index is 0.379. The number of rotatable bonds is 3. The van der Waals surface area contributed by atoms with Crippen LogP contribution in [0.25, 0.3) is 0 Å². The van der Waals surface area contributed by atoms with E-state index in [0.717, 1.165) is 17.9 Å². The summed E-state index contributed by atoms with van der Waals surface area (Å²) in [5.41, 5.74) is 0.379. The molecule has 0 radical (unpaired) electrons. The van der Waals surface area contributed by atoms with Crippen molar-refractivity contribution < 1.29 is 0 Å². The molecule has 100 valence electrons. The van der Waals surface area contributed by atoms with Crippen molar-refractivity contribution in [3.8, 4) is 0 Å². The predicted molar refractivity (Wildman–Crippen MR) is 74.2 cm³/mol. The maximum absolute atomic E-state index is 3.77. The van der Waals surface area contributed by atoms with Gasteiger partial charge in [0.05, 0.1) is 0 Å². The molecule has 1 aliphatic heterocycles. The molecule has 1 saturated heterocycles. The zero-order chi connectivity index (χ0) is 12.6. The minimum atomic E-state index is 0.379. The van der Waals surface area contributed by atoms with Crippen LogP contribution < -0.4 is 5.32 Å². The van der Waals surface area contributed by atoms with Gasteiger partial charge in [0.2, 0.25) is 0 Å². The molecule has 1 aliphatic carbocycles. The molecule has 0 bridgehead atoms. The first kappa shape index (κ1) is 13.4. The number of hydrogen-bond acceptors (Lipinski definition) is 2. The molecule has 1 saturated carbocycles. The summed E-state index contributed by atoms with van der Waals surface area (Å²) in [5.74, 6) is 1.78. The zero-order valence-electron chi connectivity index (χ0n) is 12.3. The van der Waals surface area contributed by atoms with Gasteiger partial charge in [-0.25, -0.2) is 0 Å². The van der Waals surface area contributed by atoms with Crippen molar-refractivity contribution in [1.82, 2.24) is 10.2 Å². The summed E-state index contributed by atoms with van der Waals surface area (Å²) in [6, 6.07) is 1.39. The highest BCUT2D eigenvalue weighted by Crippen LogP contribution is 2.33. The van der Waals surface area contributed by atoms with Gasteiger partial charge in [0, 0.05) is 31.7 Å². The lowest BCUT2D eigenvalue weighted by Gasteiger charge is -2.46. The molecule has 2 aliphatic rings. The van der Waals surface area contributed by atoms with Crippen LogP contribution in [0.2, 0.25) is 0 Å². The van der Waals surface area contributed by atoms with Crippen molar-refractivity contribution in [1.29, 1.82) is 0 Å². The standard InChI is InChI=1S/C15H30N2/c1-11(2)13-8-16-14(15(3,4)5)10-17(13)9-12-6-7-12/h11-14,16H,6-10H2,1-5H3. The summed E-state index contributed by atoms with van der Waals surface area (Å²) in [6.07, 6.45) is 2.93. The molecule has 0 aromatic heterocycles. The van der Waals surface area contributed by atoms with Crippen LogP contribution in [0.5, 0.6) is 0 Å². The van der Waals surface area contributed by atoms with E-state index in [2.05, 4.69) is 44.8 Å². The second-order valence-corrected chi connectivity index (χ2v) is 7.54. The van der Waals surface area contributed by atoms with Crippen molar-refractivity contribution >= 4 is 0 Å². The summed E-state index contributed by atoms with van der Waals surface area (Å²) in [7, 11) is 0. The van der Waals surface area contributed by atoms with Crippen LogP contribution in [0.1, 0.15) is 47.5 Å². The van der Waals surface area contributed by atoms with Crippen LogP contribution in [0.3, 0.4) is 0 Å². The lowest BCUT2D eigenvalue weighted by Crippen LogP contribution is -2.61. The fraction of sp³-hybridized carbons (Fsp3) is 1.00. The van der Waals surface area contributed by atoms with Gasteiger partial charge in [0.1, 0.15) is 0 Å². The third-order valence-corrected chi connectivity index (χ3v) is 4.46. The normalized spacial score (nSPS) is 32.1. The fourth-order valence-electron chi connectivity index (χ4n) is 2.91. The number of nitrogens with one attached hydrogen (secondary N) is 1. The summed E-state index contributed by atoms with van der Waals surface area (Å²) in [6.45, 7) is 15.6. The molecule has 0 amide bonds. The minimum Gasteiger partial charge on any atom is -0.311 e. The second kappa shape index (κ2) is 4.89. The van der Waals surface area contributed by atoms with Gasteiger partial charge in [-0.3, -0.25) is 4.90 Å². The quantitative estimate of drug-likeness (QED) is 0.813. The smallest absolute Gasteiger partial charge is 0.0244 e. The van der Waals surface area contributed by atoms with Gasteiger partial charge in [0.15, 0.2) is 0 Å². The molecule has 2 fully saturated rings. The Morgan fingerprint density at radius 3 is 2.35 bits per heavy atom. The largest absolute Gasteiger partial charge is 0.311 e. The van der Waals surface area contributed by atoms with Crippen LogP contribution in [-0.4, -0.2) is 36.6 Å². The van der Waals surface area contributed by atoms with Crippen molar-refractivity contribution in [3.05, 3.63) is 0 Å². The summed E-state index contributed by atoms with van der Waals surface area (Å²) >= 11 is 0.